The fraction of sp³-hybridized carbons (Fsp3) is 0.391. The maximum atomic E-state index is 12.6. The van der Waals surface area contributed by atoms with Crippen LogP contribution >= 0.6 is 0 Å². The highest BCUT2D eigenvalue weighted by molar-refractivity contribution is 5.89. The van der Waals surface area contributed by atoms with Crippen molar-refractivity contribution in [2.75, 3.05) is 31.5 Å². The van der Waals surface area contributed by atoms with Crippen LogP contribution in [0.15, 0.2) is 48.7 Å². The van der Waals surface area contributed by atoms with Gasteiger partial charge in [0, 0.05) is 38.3 Å². The van der Waals surface area contributed by atoms with Crippen molar-refractivity contribution in [2.45, 2.75) is 32.7 Å². The fourth-order valence-electron chi connectivity index (χ4n) is 3.84. The number of ether oxygens (including phenoxy) is 1. The number of rotatable bonds is 4. The molecule has 6 heteroatoms. The van der Waals surface area contributed by atoms with E-state index in [4.69, 9.17) is 4.74 Å². The molecule has 0 aliphatic carbocycles. The summed E-state index contributed by atoms with van der Waals surface area (Å²) in [5.41, 5.74) is 3.08. The second kappa shape index (κ2) is 8.66. The number of hydrogen-bond acceptors (Lipinski definition) is 4. The summed E-state index contributed by atoms with van der Waals surface area (Å²) >= 11 is 0. The molecule has 0 bridgehead atoms. The number of hydrogen-bond donors (Lipinski definition) is 1. The second-order valence-electron chi connectivity index (χ2n) is 7.81. The van der Waals surface area contributed by atoms with E-state index in [0.717, 1.165) is 44.8 Å². The zero-order valence-corrected chi connectivity index (χ0v) is 17.1. The molecule has 0 saturated carbocycles. The van der Waals surface area contributed by atoms with E-state index < -0.39 is 0 Å². The molecule has 1 fully saturated rings. The first-order chi connectivity index (χ1) is 14.1. The standard InChI is InChI=1S/C23H28N4O2/c1-17-5-7-21(15-18(17)2)29-22-8-6-19(16-24-22)25-23(28)27-13-9-20(10-14-27)26-11-3-4-12-26/h3-8,15-16,20H,9-14H2,1-2H3,(H,25,28). The van der Waals surface area contributed by atoms with Gasteiger partial charge in [-0.25, -0.2) is 9.78 Å². The van der Waals surface area contributed by atoms with E-state index in [-0.39, 0.29) is 6.03 Å². The normalized spacial score (nSPS) is 17.5. The minimum atomic E-state index is -0.0624. The zero-order valence-electron chi connectivity index (χ0n) is 17.1. The summed E-state index contributed by atoms with van der Waals surface area (Å²) in [6.07, 6.45) is 8.13. The Kier molecular flexibility index (Phi) is 5.81. The number of aryl methyl sites for hydroxylation is 2. The third-order valence-corrected chi connectivity index (χ3v) is 5.80. The maximum absolute atomic E-state index is 12.6. The average molecular weight is 393 g/mol. The van der Waals surface area contributed by atoms with Gasteiger partial charge < -0.3 is 15.0 Å². The Morgan fingerprint density at radius 2 is 1.83 bits per heavy atom. The Morgan fingerprint density at radius 3 is 2.48 bits per heavy atom. The van der Waals surface area contributed by atoms with Gasteiger partial charge in [-0.1, -0.05) is 18.2 Å². The van der Waals surface area contributed by atoms with E-state index in [1.807, 2.05) is 29.2 Å². The van der Waals surface area contributed by atoms with Crippen molar-refractivity contribution in [1.29, 1.82) is 0 Å². The third-order valence-electron chi connectivity index (χ3n) is 5.80. The van der Waals surface area contributed by atoms with Crippen molar-refractivity contribution in [3.63, 3.8) is 0 Å². The summed E-state index contributed by atoms with van der Waals surface area (Å²) in [7, 11) is 0. The van der Waals surface area contributed by atoms with Gasteiger partial charge in [0.05, 0.1) is 11.9 Å². The Morgan fingerprint density at radius 1 is 1.07 bits per heavy atom. The molecule has 0 spiro atoms. The third kappa shape index (κ3) is 4.77. The van der Waals surface area contributed by atoms with Crippen molar-refractivity contribution >= 4 is 11.7 Å². The number of likely N-dealkylation sites (tertiary alicyclic amines) is 1. The van der Waals surface area contributed by atoms with Crippen molar-refractivity contribution in [3.8, 4) is 11.6 Å². The summed E-state index contributed by atoms with van der Waals surface area (Å²) in [5, 5.41) is 2.95. The molecule has 1 aromatic carbocycles. The van der Waals surface area contributed by atoms with Crippen LogP contribution in [-0.4, -0.2) is 53.0 Å². The van der Waals surface area contributed by atoms with E-state index >= 15 is 0 Å². The molecule has 1 aromatic heterocycles. The van der Waals surface area contributed by atoms with Gasteiger partial charge in [0.15, 0.2) is 0 Å². The molecule has 2 aliphatic heterocycles. The van der Waals surface area contributed by atoms with Crippen LogP contribution in [0.1, 0.15) is 24.0 Å². The molecule has 0 atom stereocenters. The lowest BCUT2D eigenvalue weighted by molar-refractivity contribution is 0.144. The van der Waals surface area contributed by atoms with Gasteiger partial charge >= 0.3 is 6.03 Å². The van der Waals surface area contributed by atoms with Crippen LogP contribution in [0.3, 0.4) is 0 Å². The van der Waals surface area contributed by atoms with Crippen molar-refractivity contribution in [3.05, 3.63) is 59.8 Å². The highest BCUT2D eigenvalue weighted by atomic mass is 16.5. The highest BCUT2D eigenvalue weighted by Gasteiger charge is 2.27. The van der Waals surface area contributed by atoms with Crippen LogP contribution in [-0.2, 0) is 0 Å². The number of piperidine rings is 1. The van der Waals surface area contributed by atoms with Gasteiger partial charge in [0.2, 0.25) is 5.88 Å². The molecular weight excluding hydrogens is 364 g/mol. The number of amides is 2. The highest BCUT2D eigenvalue weighted by Crippen LogP contribution is 2.23. The van der Waals surface area contributed by atoms with Crippen LogP contribution in [0.25, 0.3) is 0 Å². The summed E-state index contributed by atoms with van der Waals surface area (Å²) < 4.78 is 5.81. The summed E-state index contributed by atoms with van der Waals surface area (Å²) in [6.45, 7) is 7.78. The number of benzene rings is 1. The first kappa shape index (κ1) is 19.5. The second-order valence-corrected chi connectivity index (χ2v) is 7.81. The number of anilines is 1. The van der Waals surface area contributed by atoms with Crippen LogP contribution in [0.4, 0.5) is 10.5 Å². The molecule has 29 heavy (non-hydrogen) atoms. The molecule has 1 saturated heterocycles. The average Bonchev–Trinajstić information content (AvgIpc) is 3.27. The van der Waals surface area contributed by atoms with Crippen molar-refractivity contribution in [1.82, 2.24) is 14.8 Å². The predicted octanol–water partition coefficient (Wildman–Crippen LogP) is 4.36. The zero-order chi connectivity index (χ0) is 20.2. The van der Waals surface area contributed by atoms with E-state index in [1.165, 1.54) is 11.1 Å². The Balaban J connectivity index is 1.28. The lowest BCUT2D eigenvalue weighted by Gasteiger charge is -2.36. The van der Waals surface area contributed by atoms with Crippen molar-refractivity contribution in [2.24, 2.45) is 0 Å². The fourth-order valence-corrected chi connectivity index (χ4v) is 3.84. The van der Waals surface area contributed by atoms with Gasteiger partial charge in [0.1, 0.15) is 5.75 Å². The number of aromatic nitrogens is 1. The van der Waals surface area contributed by atoms with Crippen molar-refractivity contribution < 1.29 is 9.53 Å². The van der Waals surface area contributed by atoms with E-state index in [9.17, 15) is 4.79 Å². The number of carbonyl (C=O) groups excluding carboxylic acids is 1. The van der Waals surface area contributed by atoms with Gasteiger partial charge in [-0.15, -0.1) is 0 Å². The first-order valence-electron chi connectivity index (χ1n) is 10.2. The summed E-state index contributed by atoms with van der Waals surface area (Å²) in [6, 6.07) is 10.1. The lowest BCUT2D eigenvalue weighted by atomic mass is 10.0. The molecule has 1 N–H and O–H groups in total. The van der Waals surface area contributed by atoms with E-state index in [2.05, 4.69) is 41.2 Å². The molecule has 152 valence electrons. The van der Waals surface area contributed by atoms with E-state index in [1.54, 1.807) is 12.3 Å². The molecule has 2 aromatic rings. The molecule has 0 unspecified atom stereocenters. The monoisotopic (exact) mass is 392 g/mol. The molecular formula is C23H28N4O2. The number of carbonyl (C=O) groups is 1. The molecule has 0 radical (unpaired) electrons. The van der Waals surface area contributed by atoms with Gasteiger partial charge in [-0.05, 0) is 56.0 Å². The number of pyridine rings is 1. The van der Waals surface area contributed by atoms with Crippen LogP contribution in [0, 0.1) is 13.8 Å². The number of urea groups is 1. The van der Waals surface area contributed by atoms with Gasteiger partial charge in [-0.2, -0.15) is 0 Å². The number of nitrogens with one attached hydrogen (secondary N) is 1. The number of nitrogens with zero attached hydrogens (tertiary/aromatic N) is 3. The Labute approximate surface area is 172 Å². The minimum Gasteiger partial charge on any atom is -0.439 e. The quantitative estimate of drug-likeness (QED) is 0.786. The smallest absolute Gasteiger partial charge is 0.321 e. The van der Waals surface area contributed by atoms with Crippen LogP contribution in [0.2, 0.25) is 0 Å². The Hall–Kier alpha value is -2.86. The molecule has 4 rings (SSSR count). The molecule has 2 aliphatic rings. The SMILES string of the molecule is Cc1ccc(Oc2ccc(NC(=O)N3CCC(N4CC=CC4)CC3)cn2)cc1C. The van der Waals surface area contributed by atoms with E-state index in [0.29, 0.717) is 17.6 Å². The minimum absolute atomic E-state index is 0.0624. The summed E-state index contributed by atoms with van der Waals surface area (Å²) in [5.74, 6) is 1.26. The maximum Gasteiger partial charge on any atom is 0.321 e. The van der Waals surface area contributed by atoms with Crippen LogP contribution < -0.4 is 10.1 Å². The Bertz CT molecular complexity index is 878. The van der Waals surface area contributed by atoms with Gasteiger partial charge in [-0.3, -0.25) is 4.90 Å². The van der Waals surface area contributed by atoms with Gasteiger partial charge in [0.25, 0.3) is 0 Å². The molecule has 3 heterocycles. The molecule has 2 amide bonds. The first-order valence-corrected chi connectivity index (χ1v) is 10.2. The summed E-state index contributed by atoms with van der Waals surface area (Å²) in [4.78, 5) is 21.3. The lowest BCUT2D eigenvalue weighted by Crippen LogP contribution is -2.47. The van der Waals surface area contributed by atoms with Crippen LogP contribution in [0.5, 0.6) is 11.6 Å². The molecule has 6 nitrogen and oxygen atoms in total. The topological polar surface area (TPSA) is 57.7 Å². The predicted molar refractivity (Wildman–Crippen MR) is 115 cm³/mol. The largest absolute Gasteiger partial charge is 0.439 e.